The summed E-state index contributed by atoms with van der Waals surface area (Å²) < 4.78 is 5.10. The largest absolute Gasteiger partial charge is 0.497 e. The van der Waals surface area contributed by atoms with Gasteiger partial charge in [0.25, 0.3) is 0 Å². The summed E-state index contributed by atoms with van der Waals surface area (Å²) in [4.78, 5) is 15.9. The van der Waals surface area contributed by atoms with Gasteiger partial charge in [-0.1, -0.05) is 23.7 Å². The highest BCUT2D eigenvalue weighted by Crippen LogP contribution is 2.16. The third-order valence-corrected chi connectivity index (χ3v) is 3.44. The minimum absolute atomic E-state index is 0.175. The number of ketones is 1. The first kappa shape index (κ1) is 14.5. The molecule has 20 heavy (non-hydrogen) atoms. The zero-order chi connectivity index (χ0) is 14.4. The number of benzene rings is 1. The maximum Gasteiger partial charge on any atom is 0.137 e. The molecule has 0 unspecified atom stereocenters. The van der Waals surface area contributed by atoms with E-state index in [1.165, 1.54) is 0 Å². The van der Waals surface area contributed by atoms with Crippen molar-refractivity contribution in [1.82, 2.24) is 4.98 Å². The molecular formula is C16H16ClNO2. The Bertz CT molecular complexity index is 581. The van der Waals surface area contributed by atoms with Crippen LogP contribution in [0.25, 0.3) is 0 Å². The smallest absolute Gasteiger partial charge is 0.137 e. The van der Waals surface area contributed by atoms with E-state index in [2.05, 4.69) is 4.98 Å². The number of halogens is 1. The second-order valence-corrected chi connectivity index (χ2v) is 4.94. The number of hydrogen-bond donors (Lipinski definition) is 0. The number of carbonyl (C=O) groups excluding carboxylic acids is 1. The van der Waals surface area contributed by atoms with Crippen LogP contribution in [-0.4, -0.2) is 17.9 Å². The Hall–Kier alpha value is -1.87. The SMILES string of the molecule is COc1ccc(CCC(=O)Cc2ccncc2Cl)cc1. The molecule has 0 N–H and O–H groups in total. The number of nitrogens with zero attached hydrogens (tertiary/aromatic N) is 1. The van der Waals surface area contributed by atoms with Crippen molar-refractivity contribution in [3.63, 3.8) is 0 Å². The van der Waals surface area contributed by atoms with E-state index in [1.54, 1.807) is 25.6 Å². The number of carbonyl (C=O) groups is 1. The van der Waals surface area contributed by atoms with E-state index in [1.807, 2.05) is 24.3 Å². The first-order valence-electron chi connectivity index (χ1n) is 6.42. The Morgan fingerprint density at radius 3 is 2.65 bits per heavy atom. The van der Waals surface area contributed by atoms with Crippen molar-refractivity contribution in [3.8, 4) is 5.75 Å². The number of rotatable bonds is 6. The molecule has 1 heterocycles. The van der Waals surface area contributed by atoms with Gasteiger partial charge in [-0.05, 0) is 35.7 Å². The van der Waals surface area contributed by atoms with E-state index in [0.717, 1.165) is 23.3 Å². The number of hydrogen-bond acceptors (Lipinski definition) is 3. The predicted octanol–water partition coefficient (Wildman–Crippen LogP) is 3.49. The van der Waals surface area contributed by atoms with Gasteiger partial charge in [-0.15, -0.1) is 0 Å². The second-order valence-electron chi connectivity index (χ2n) is 4.53. The van der Waals surface area contributed by atoms with Crippen LogP contribution in [0.1, 0.15) is 17.5 Å². The molecule has 0 atom stereocenters. The standard InChI is InChI=1S/C16H16ClNO2/c1-20-15-6-3-12(4-7-15)2-5-14(19)10-13-8-9-18-11-16(13)17/h3-4,6-9,11H,2,5,10H2,1H3. The molecule has 2 aromatic rings. The molecule has 0 saturated heterocycles. The molecule has 0 saturated carbocycles. The van der Waals surface area contributed by atoms with E-state index >= 15 is 0 Å². The highest BCUT2D eigenvalue weighted by molar-refractivity contribution is 6.31. The zero-order valence-corrected chi connectivity index (χ0v) is 12.1. The quantitative estimate of drug-likeness (QED) is 0.817. The topological polar surface area (TPSA) is 39.2 Å². The van der Waals surface area contributed by atoms with Crippen LogP contribution in [0.15, 0.2) is 42.7 Å². The first-order chi connectivity index (χ1) is 9.69. The fourth-order valence-electron chi connectivity index (χ4n) is 1.92. The van der Waals surface area contributed by atoms with Crippen molar-refractivity contribution >= 4 is 17.4 Å². The number of pyridine rings is 1. The molecular weight excluding hydrogens is 274 g/mol. The predicted molar refractivity (Wildman–Crippen MR) is 79.3 cm³/mol. The van der Waals surface area contributed by atoms with Crippen LogP contribution in [0.5, 0.6) is 5.75 Å². The van der Waals surface area contributed by atoms with Gasteiger partial charge in [-0.25, -0.2) is 0 Å². The molecule has 1 aromatic heterocycles. The fourth-order valence-corrected chi connectivity index (χ4v) is 2.11. The molecule has 0 bridgehead atoms. The number of Topliss-reactive ketones (excluding diaryl/α,β-unsaturated/α-hetero) is 1. The number of methoxy groups -OCH3 is 1. The van der Waals surface area contributed by atoms with Gasteiger partial charge in [0.2, 0.25) is 0 Å². The van der Waals surface area contributed by atoms with Gasteiger partial charge in [0.1, 0.15) is 11.5 Å². The Morgan fingerprint density at radius 1 is 1.25 bits per heavy atom. The molecule has 3 nitrogen and oxygen atoms in total. The van der Waals surface area contributed by atoms with E-state index in [4.69, 9.17) is 16.3 Å². The molecule has 0 spiro atoms. The Morgan fingerprint density at radius 2 is 2.00 bits per heavy atom. The van der Waals surface area contributed by atoms with Crippen LogP contribution in [0.3, 0.4) is 0 Å². The molecule has 0 aliphatic rings. The zero-order valence-electron chi connectivity index (χ0n) is 11.3. The maximum absolute atomic E-state index is 12.0. The minimum Gasteiger partial charge on any atom is -0.497 e. The average molecular weight is 290 g/mol. The monoisotopic (exact) mass is 289 g/mol. The maximum atomic E-state index is 12.0. The molecule has 0 aliphatic carbocycles. The summed E-state index contributed by atoms with van der Waals surface area (Å²) in [7, 11) is 1.64. The molecule has 0 aliphatic heterocycles. The van der Waals surface area contributed by atoms with E-state index < -0.39 is 0 Å². The minimum atomic E-state index is 0.175. The molecule has 104 valence electrons. The number of aromatic nitrogens is 1. The summed E-state index contributed by atoms with van der Waals surface area (Å²) in [5.74, 6) is 0.998. The van der Waals surface area contributed by atoms with Gasteiger partial charge >= 0.3 is 0 Å². The highest BCUT2D eigenvalue weighted by Gasteiger charge is 2.07. The molecule has 4 heteroatoms. The van der Waals surface area contributed by atoms with Gasteiger partial charge in [0.05, 0.1) is 12.1 Å². The van der Waals surface area contributed by atoms with Crippen molar-refractivity contribution in [2.24, 2.45) is 0 Å². The van der Waals surface area contributed by atoms with Crippen LogP contribution in [0.4, 0.5) is 0 Å². The van der Waals surface area contributed by atoms with Crippen molar-refractivity contribution < 1.29 is 9.53 Å². The van der Waals surface area contributed by atoms with Crippen molar-refractivity contribution in [2.45, 2.75) is 19.3 Å². The van der Waals surface area contributed by atoms with Crippen molar-refractivity contribution in [1.29, 1.82) is 0 Å². The molecule has 0 fully saturated rings. The lowest BCUT2D eigenvalue weighted by molar-refractivity contribution is -0.118. The van der Waals surface area contributed by atoms with Gasteiger partial charge in [0.15, 0.2) is 0 Å². The van der Waals surface area contributed by atoms with E-state index in [0.29, 0.717) is 17.9 Å². The third-order valence-electron chi connectivity index (χ3n) is 3.10. The van der Waals surface area contributed by atoms with Crippen LogP contribution in [-0.2, 0) is 17.6 Å². The lowest BCUT2D eigenvalue weighted by atomic mass is 10.0. The van der Waals surface area contributed by atoms with Gasteiger partial charge in [-0.2, -0.15) is 0 Å². The summed E-state index contributed by atoms with van der Waals surface area (Å²) in [6.07, 6.45) is 4.81. The Balaban J connectivity index is 1.87. The lowest BCUT2D eigenvalue weighted by Crippen LogP contribution is -2.05. The van der Waals surface area contributed by atoms with Crippen molar-refractivity contribution in [2.75, 3.05) is 7.11 Å². The van der Waals surface area contributed by atoms with Gasteiger partial charge in [0, 0.05) is 25.2 Å². The summed E-state index contributed by atoms with van der Waals surface area (Å²) in [6.45, 7) is 0. The van der Waals surface area contributed by atoms with Crippen LogP contribution in [0.2, 0.25) is 5.02 Å². The van der Waals surface area contributed by atoms with Crippen LogP contribution < -0.4 is 4.74 Å². The summed E-state index contributed by atoms with van der Waals surface area (Å²) in [5, 5.41) is 0.547. The molecule has 2 rings (SSSR count). The number of aryl methyl sites for hydroxylation is 1. The van der Waals surface area contributed by atoms with E-state index in [-0.39, 0.29) is 5.78 Å². The van der Waals surface area contributed by atoms with E-state index in [9.17, 15) is 4.79 Å². The third kappa shape index (κ3) is 4.07. The average Bonchev–Trinajstić information content (AvgIpc) is 2.48. The molecule has 1 aromatic carbocycles. The van der Waals surface area contributed by atoms with Crippen LogP contribution >= 0.6 is 11.6 Å². The van der Waals surface area contributed by atoms with Crippen molar-refractivity contribution in [3.05, 3.63) is 58.9 Å². The Kier molecular flexibility index (Phi) is 5.13. The van der Waals surface area contributed by atoms with Crippen LogP contribution in [0, 0.1) is 0 Å². The highest BCUT2D eigenvalue weighted by atomic mass is 35.5. The normalized spacial score (nSPS) is 10.3. The Labute approximate surface area is 123 Å². The summed E-state index contributed by atoms with van der Waals surface area (Å²) >= 11 is 5.99. The summed E-state index contributed by atoms with van der Waals surface area (Å²) in [6, 6.07) is 9.55. The molecule has 0 amide bonds. The van der Waals surface area contributed by atoms with Gasteiger partial charge < -0.3 is 4.74 Å². The molecule has 0 radical (unpaired) electrons. The van der Waals surface area contributed by atoms with Gasteiger partial charge in [-0.3, -0.25) is 9.78 Å². The summed E-state index contributed by atoms with van der Waals surface area (Å²) in [5.41, 5.74) is 1.96. The number of ether oxygens (including phenoxy) is 1. The first-order valence-corrected chi connectivity index (χ1v) is 6.80. The fraction of sp³-hybridized carbons (Fsp3) is 0.250. The lowest BCUT2D eigenvalue weighted by Gasteiger charge is -2.05. The second kappa shape index (κ2) is 7.06.